The van der Waals surface area contributed by atoms with Crippen LogP contribution in [-0.2, 0) is 4.79 Å². The maximum Gasteiger partial charge on any atom is 0.311 e. The van der Waals surface area contributed by atoms with Gasteiger partial charge < -0.3 is 14.9 Å². The minimum Gasteiger partial charge on any atom is -0.481 e. The Morgan fingerprint density at radius 3 is 2.82 bits per heavy atom. The SMILES string of the molecule is CN1CCC[C@]2(C(=O)O)CCN(C(=O)c3sccc3Cl)C[C@@H]12. The number of carbonyl (C=O) groups excluding carboxylic acids is 1. The van der Waals surface area contributed by atoms with E-state index < -0.39 is 11.4 Å². The Bertz CT molecular complexity index is 605. The first-order valence-electron chi connectivity index (χ1n) is 7.41. The molecule has 7 heteroatoms. The summed E-state index contributed by atoms with van der Waals surface area (Å²) in [6.07, 6.45) is 2.09. The molecule has 2 aliphatic heterocycles. The van der Waals surface area contributed by atoms with E-state index in [2.05, 4.69) is 4.90 Å². The lowest BCUT2D eigenvalue weighted by atomic mass is 9.68. The zero-order valence-corrected chi connectivity index (χ0v) is 14.0. The number of hydrogen-bond acceptors (Lipinski definition) is 4. The molecule has 1 aromatic heterocycles. The van der Waals surface area contributed by atoms with Crippen LogP contribution in [0.2, 0.25) is 5.02 Å². The van der Waals surface area contributed by atoms with E-state index in [-0.39, 0.29) is 11.9 Å². The number of nitrogens with zero attached hydrogens (tertiary/aromatic N) is 2. The molecule has 0 aromatic carbocycles. The minimum atomic E-state index is -0.731. The number of amides is 1. The number of likely N-dealkylation sites (N-methyl/N-ethyl adjacent to an activating group) is 1. The van der Waals surface area contributed by atoms with E-state index in [0.717, 1.165) is 13.0 Å². The fourth-order valence-corrected chi connectivity index (χ4v) is 4.86. The number of carbonyl (C=O) groups is 2. The minimum absolute atomic E-state index is 0.0852. The zero-order valence-electron chi connectivity index (χ0n) is 12.4. The van der Waals surface area contributed by atoms with Gasteiger partial charge in [-0.15, -0.1) is 11.3 Å². The van der Waals surface area contributed by atoms with E-state index >= 15 is 0 Å². The van der Waals surface area contributed by atoms with Crippen LogP contribution in [0.25, 0.3) is 0 Å². The average molecular weight is 343 g/mol. The lowest BCUT2D eigenvalue weighted by Gasteiger charge is -2.51. The number of piperidine rings is 2. The van der Waals surface area contributed by atoms with Gasteiger partial charge in [0.05, 0.1) is 10.4 Å². The number of thiophene rings is 1. The lowest BCUT2D eigenvalue weighted by Crippen LogP contribution is -2.63. The van der Waals surface area contributed by atoms with Crippen LogP contribution in [0.5, 0.6) is 0 Å². The number of aliphatic carboxylic acids is 1. The first kappa shape index (κ1) is 15.8. The number of fused-ring (bicyclic) bond motifs is 1. The van der Waals surface area contributed by atoms with Gasteiger partial charge in [-0.2, -0.15) is 0 Å². The third kappa shape index (κ3) is 2.43. The third-order valence-corrected chi connectivity index (χ3v) is 6.38. The molecule has 5 nitrogen and oxygen atoms in total. The van der Waals surface area contributed by atoms with Crippen molar-refractivity contribution in [1.29, 1.82) is 0 Å². The second-order valence-corrected chi connectivity index (χ2v) is 7.48. The molecule has 0 spiro atoms. The number of halogens is 1. The molecule has 2 atom stereocenters. The zero-order chi connectivity index (χ0) is 15.9. The molecule has 0 radical (unpaired) electrons. The predicted molar refractivity (Wildman–Crippen MR) is 85.6 cm³/mol. The summed E-state index contributed by atoms with van der Waals surface area (Å²) in [6, 6.07) is 1.59. The molecule has 0 bridgehead atoms. The molecule has 1 N–H and O–H groups in total. The number of carboxylic acids is 1. The van der Waals surface area contributed by atoms with Crippen LogP contribution in [0.1, 0.15) is 28.9 Å². The molecular formula is C15H19ClN2O3S. The number of hydrogen-bond donors (Lipinski definition) is 1. The predicted octanol–water partition coefficient (Wildman–Crippen LogP) is 2.41. The number of rotatable bonds is 2. The smallest absolute Gasteiger partial charge is 0.311 e. The van der Waals surface area contributed by atoms with Crippen molar-refractivity contribution in [2.75, 3.05) is 26.7 Å². The van der Waals surface area contributed by atoms with E-state index in [0.29, 0.717) is 35.8 Å². The molecular weight excluding hydrogens is 324 g/mol. The van der Waals surface area contributed by atoms with Gasteiger partial charge in [0.2, 0.25) is 0 Å². The highest BCUT2D eigenvalue weighted by Crippen LogP contribution is 2.42. The molecule has 3 rings (SSSR count). The molecule has 22 heavy (non-hydrogen) atoms. The molecule has 2 aliphatic rings. The van der Waals surface area contributed by atoms with Crippen molar-refractivity contribution >= 4 is 34.8 Å². The number of likely N-dealkylation sites (tertiary alicyclic amines) is 2. The molecule has 0 aliphatic carbocycles. The van der Waals surface area contributed by atoms with Crippen molar-refractivity contribution in [2.24, 2.45) is 5.41 Å². The van der Waals surface area contributed by atoms with Crippen LogP contribution >= 0.6 is 22.9 Å². The maximum absolute atomic E-state index is 12.6. The van der Waals surface area contributed by atoms with Crippen molar-refractivity contribution in [2.45, 2.75) is 25.3 Å². The largest absolute Gasteiger partial charge is 0.481 e. The lowest BCUT2D eigenvalue weighted by molar-refractivity contribution is -0.161. The maximum atomic E-state index is 12.6. The van der Waals surface area contributed by atoms with Gasteiger partial charge in [0.15, 0.2) is 0 Å². The van der Waals surface area contributed by atoms with Gasteiger partial charge in [-0.05, 0) is 44.3 Å². The van der Waals surface area contributed by atoms with Gasteiger partial charge in [0.25, 0.3) is 5.91 Å². The van der Waals surface area contributed by atoms with Crippen LogP contribution < -0.4 is 0 Å². The van der Waals surface area contributed by atoms with E-state index in [9.17, 15) is 14.7 Å². The summed E-state index contributed by atoms with van der Waals surface area (Å²) >= 11 is 7.39. The molecule has 2 saturated heterocycles. The van der Waals surface area contributed by atoms with Gasteiger partial charge in [-0.1, -0.05) is 11.6 Å². The Morgan fingerprint density at radius 1 is 1.41 bits per heavy atom. The van der Waals surface area contributed by atoms with Crippen molar-refractivity contribution in [3.63, 3.8) is 0 Å². The topological polar surface area (TPSA) is 60.9 Å². The monoisotopic (exact) mass is 342 g/mol. The normalized spacial score (nSPS) is 29.2. The van der Waals surface area contributed by atoms with Crippen LogP contribution in [0.3, 0.4) is 0 Å². The summed E-state index contributed by atoms with van der Waals surface area (Å²) in [5.74, 6) is -0.816. The molecule has 0 unspecified atom stereocenters. The van der Waals surface area contributed by atoms with Crippen molar-refractivity contribution in [3.05, 3.63) is 21.3 Å². The van der Waals surface area contributed by atoms with E-state index in [1.54, 1.807) is 16.3 Å². The molecule has 0 saturated carbocycles. The fourth-order valence-electron chi connectivity index (χ4n) is 3.76. The van der Waals surface area contributed by atoms with E-state index in [4.69, 9.17) is 11.6 Å². The van der Waals surface area contributed by atoms with Crippen LogP contribution in [0.15, 0.2) is 11.4 Å². The summed E-state index contributed by atoms with van der Waals surface area (Å²) in [6.45, 7) is 1.81. The second kappa shape index (κ2) is 5.83. The van der Waals surface area contributed by atoms with E-state index in [1.165, 1.54) is 11.3 Å². The standard InChI is InChI=1S/C15H19ClN2O3S/c1-17-6-2-4-15(14(20)21)5-7-18(9-11(15)17)13(19)12-10(16)3-8-22-12/h3,8,11H,2,4-7,9H2,1H3,(H,20,21)/t11-,15+/m1/s1. The summed E-state index contributed by atoms with van der Waals surface area (Å²) < 4.78 is 0. The van der Waals surface area contributed by atoms with Crippen LogP contribution in [0, 0.1) is 5.41 Å². The summed E-state index contributed by atoms with van der Waals surface area (Å²) in [5.41, 5.74) is -0.719. The summed E-state index contributed by atoms with van der Waals surface area (Å²) in [4.78, 5) is 28.9. The van der Waals surface area contributed by atoms with Gasteiger partial charge in [0, 0.05) is 19.1 Å². The van der Waals surface area contributed by atoms with Gasteiger partial charge in [-0.3, -0.25) is 9.59 Å². The van der Waals surface area contributed by atoms with Crippen LogP contribution in [-0.4, -0.2) is 59.5 Å². The molecule has 1 amide bonds. The van der Waals surface area contributed by atoms with Gasteiger partial charge >= 0.3 is 5.97 Å². The first-order valence-corrected chi connectivity index (χ1v) is 8.67. The quantitative estimate of drug-likeness (QED) is 0.896. The van der Waals surface area contributed by atoms with Crippen molar-refractivity contribution in [1.82, 2.24) is 9.80 Å². The van der Waals surface area contributed by atoms with Crippen molar-refractivity contribution < 1.29 is 14.7 Å². The highest BCUT2D eigenvalue weighted by atomic mass is 35.5. The summed E-state index contributed by atoms with van der Waals surface area (Å²) in [5, 5.41) is 12.0. The van der Waals surface area contributed by atoms with E-state index in [1.807, 2.05) is 7.05 Å². The Kier molecular flexibility index (Phi) is 4.18. The fraction of sp³-hybridized carbons (Fsp3) is 0.600. The van der Waals surface area contributed by atoms with Crippen molar-refractivity contribution in [3.8, 4) is 0 Å². The van der Waals surface area contributed by atoms with Crippen LogP contribution in [0.4, 0.5) is 0 Å². The molecule has 2 fully saturated rings. The molecule has 1 aromatic rings. The van der Waals surface area contributed by atoms with Gasteiger partial charge in [-0.25, -0.2) is 0 Å². The second-order valence-electron chi connectivity index (χ2n) is 6.16. The Labute approximate surface area is 138 Å². The molecule has 120 valence electrons. The van der Waals surface area contributed by atoms with Gasteiger partial charge in [0.1, 0.15) is 4.88 Å². The first-order chi connectivity index (χ1) is 10.5. The number of carboxylic acid groups (broad SMARTS) is 1. The highest BCUT2D eigenvalue weighted by Gasteiger charge is 2.52. The highest BCUT2D eigenvalue weighted by molar-refractivity contribution is 7.12. The third-order valence-electron chi connectivity index (χ3n) is 5.05. The Hall–Kier alpha value is -1.11. The Morgan fingerprint density at radius 2 is 2.18 bits per heavy atom. The Balaban J connectivity index is 1.84. The summed E-state index contributed by atoms with van der Waals surface area (Å²) in [7, 11) is 1.95. The molecule has 3 heterocycles. The average Bonchev–Trinajstić information content (AvgIpc) is 2.92.